The van der Waals surface area contributed by atoms with Crippen molar-refractivity contribution in [3.63, 3.8) is 0 Å². The minimum absolute atomic E-state index is 0.338. The third-order valence-corrected chi connectivity index (χ3v) is 13.6. The zero-order valence-electron chi connectivity index (χ0n) is 26.0. The Hall–Kier alpha value is -5.00. The molecule has 8 aromatic rings. The van der Waals surface area contributed by atoms with Crippen LogP contribution in [0.1, 0.15) is 0 Å². The molecule has 0 saturated carbocycles. The summed E-state index contributed by atoms with van der Waals surface area (Å²) in [5.74, 6) is -0.789. The van der Waals surface area contributed by atoms with Gasteiger partial charge in [-0.1, -0.05) is 170 Å². The van der Waals surface area contributed by atoms with Gasteiger partial charge in [-0.15, -0.1) is 0 Å². The van der Waals surface area contributed by atoms with E-state index in [1.807, 2.05) is 109 Å². The first-order valence-electron chi connectivity index (χ1n) is 15.9. The number of benzene rings is 8. The van der Waals surface area contributed by atoms with Gasteiger partial charge in [0.05, 0.1) is 0 Å². The van der Waals surface area contributed by atoms with Crippen LogP contribution in [0.25, 0.3) is 32.7 Å². The summed E-state index contributed by atoms with van der Waals surface area (Å²) in [5, 5.41) is 8.45. The Labute approximate surface area is 281 Å². The predicted octanol–water partition coefficient (Wildman–Crippen LogP) is 9.45. The van der Waals surface area contributed by atoms with Gasteiger partial charge in [0, 0.05) is 21.9 Å². The van der Waals surface area contributed by atoms with Gasteiger partial charge in [-0.05, 0) is 70.6 Å². The van der Waals surface area contributed by atoms with Crippen molar-refractivity contribution in [2.24, 2.45) is 0 Å². The number of hydrogen-bond donors (Lipinski definition) is 0. The van der Waals surface area contributed by atoms with Crippen LogP contribution in [0.5, 0.6) is 0 Å². The van der Waals surface area contributed by atoms with Crippen LogP contribution in [0.4, 0.5) is 8.78 Å². The summed E-state index contributed by atoms with van der Waals surface area (Å²) in [7, 11) is -2.55. The molecule has 48 heavy (non-hydrogen) atoms. The minimum atomic E-state index is -1.28. The van der Waals surface area contributed by atoms with Crippen molar-refractivity contribution in [3.8, 4) is 11.1 Å². The Bertz CT molecular complexity index is 2110. The number of fused-ring (bicyclic) bond motifs is 2. The molecule has 230 valence electrons. The van der Waals surface area contributed by atoms with Crippen LogP contribution in [0.2, 0.25) is 0 Å². The van der Waals surface area contributed by atoms with Gasteiger partial charge in [-0.2, -0.15) is 0 Å². The summed E-state index contributed by atoms with van der Waals surface area (Å²) in [6, 6.07) is 60.3. The summed E-state index contributed by atoms with van der Waals surface area (Å²) >= 11 is 0. The van der Waals surface area contributed by atoms with Gasteiger partial charge in [-0.25, -0.2) is 8.78 Å². The minimum Gasteiger partial charge on any atom is -0.206 e. The molecule has 0 amide bonds. The van der Waals surface area contributed by atoms with Crippen LogP contribution in [0.15, 0.2) is 182 Å². The molecule has 8 aromatic carbocycles. The second-order valence-electron chi connectivity index (χ2n) is 11.6. The van der Waals surface area contributed by atoms with Gasteiger partial charge in [0.1, 0.15) is 11.6 Å². The molecule has 0 radical (unpaired) electrons. The van der Waals surface area contributed by atoms with Gasteiger partial charge in [0.15, 0.2) is 0 Å². The standard InChI is InChI=1S/C44H30F2P2/c45-43-37-27-15-13-17-31(37)29-39(47(33-19-5-1-6-20-33)34-21-7-2-8-22-34)41(43)42-40(30-32-18-14-16-28-38(32)44(42)46)48(35-23-9-3-10-24-35)36-25-11-4-12-26-36/h1-30H. The lowest BCUT2D eigenvalue weighted by Gasteiger charge is -2.28. The monoisotopic (exact) mass is 658 g/mol. The van der Waals surface area contributed by atoms with E-state index in [9.17, 15) is 0 Å². The maximum Gasteiger partial charge on any atom is 0.139 e. The topological polar surface area (TPSA) is 0 Å². The van der Waals surface area contributed by atoms with Crippen molar-refractivity contribution in [2.45, 2.75) is 0 Å². The zero-order valence-corrected chi connectivity index (χ0v) is 27.8. The van der Waals surface area contributed by atoms with Crippen LogP contribution in [-0.2, 0) is 0 Å². The lowest BCUT2D eigenvalue weighted by Crippen LogP contribution is -2.27. The molecule has 0 atom stereocenters. The molecule has 4 heteroatoms. The van der Waals surface area contributed by atoms with Crippen molar-refractivity contribution in [1.82, 2.24) is 0 Å². The second-order valence-corrected chi connectivity index (χ2v) is 16.0. The SMILES string of the molecule is Fc1c(-c2c(P(c3ccccc3)c3ccccc3)cc3ccccc3c2F)c(P(c2ccccc2)c2ccccc2)cc2ccccc12. The summed E-state index contributed by atoms with van der Waals surface area (Å²) in [4.78, 5) is 0. The zero-order chi connectivity index (χ0) is 32.5. The molecule has 0 aliphatic carbocycles. The van der Waals surface area contributed by atoms with E-state index >= 15 is 8.78 Å². The molecule has 0 spiro atoms. The van der Waals surface area contributed by atoms with Gasteiger partial charge >= 0.3 is 0 Å². The number of halogens is 2. The van der Waals surface area contributed by atoms with Crippen molar-refractivity contribution in [1.29, 1.82) is 0 Å². The van der Waals surface area contributed by atoms with Crippen LogP contribution < -0.4 is 31.8 Å². The average molecular weight is 659 g/mol. The maximum absolute atomic E-state index is 17.7. The summed E-state index contributed by atoms with van der Waals surface area (Å²) in [5.41, 5.74) is 0.676. The number of hydrogen-bond acceptors (Lipinski definition) is 0. The molecule has 0 saturated heterocycles. The Balaban J connectivity index is 1.55. The maximum atomic E-state index is 17.7. The summed E-state index contributed by atoms with van der Waals surface area (Å²) in [6.45, 7) is 0. The molecule has 0 aliphatic heterocycles. The third kappa shape index (κ3) is 5.52. The first-order chi connectivity index (χ1) is 23.7. The highest BCUT2D eigenvalue weighted by molar-refractivity contribution is 7.80. The molecule has 0 fully saturated rings. The van der Waals surface area contributed by atoms with E-state index in [1.165, 1.54) is 0 Å². The van der Waals surface area contributed by atoms with E-state index < -0.39 is 27.5 Å². The molecular formula is C44H30F2P2. The molecule has 0 N–H and O–H groups in total. The van der Waals surface area contributed by atoms with E-state index in [0.29, 0.717) is 21.9 Å². The lowest BCUT2D eigenvalue weighted by atomic mass is 9.96. The van der Waals surface area contributed by atoms with E-state index in [-0.39, 0.29) is 0 Å². The molecule has 0 heterocycles. The van der Waals surface area contributed by atoms with Gasteiger partial charge < -0.3 is 0 Å². The Morgan fingerprint density at radius 2 is 0.583 bits per heavy atom. The van der Waals surface area contributed by atoms with Gasteiger partial charge in [0.25, 0.3) is 0 Å². The average Bonchev–Trinajstić information content (AvgIpc) is 3.15. The highest BCUT2D eigenvalue weighted by atomic mass is 31.1. The van der Waals surface area contributed by atoms with Crippen molar-refractivity contribution in [3.05, 3.63) is 194 Å². The molecule has 0 aliphatic rings. The quantitative estimate of drug-likeness (QED) is 0.150. The smallest absolute Gasteiger partial charge is 0.139 e. The van der Waals surface area contributed by atoms with Crippen LogP contribution in [0.3, 0.4) is 0 Å². The van der Waals surface area contributed by atoms with Crippen LogP contribution in [-0.4, -0.2) is 0 Å². The highest BCUT2D eigenvalue weighted by Gasteiger charge is 2.31. The predicted molar refractivity (Wildman–Crippen MR) is 204 cm³/mol. The van der Waals surface area contributed by atoms with E-state index in [4.69, 9.17) is 0 Å². The molecule has 8 rings (SSSR count). The van der Waals surface area contributed by atoms with Gasteiger partial charge in [-0.3, -0.25) is 0 Å². The molecule has 0 bridgehead atoms. The van der Waals surface area contributed by atoms with E-state index in [2.05, 4.69) is 60.7 Å². The van der Waals surface area contributed by atoms with Gasteiger partial charge in [0.2, 0.25) is 0 Å². The molecular weight excluding hydrogens is 628 g/mol. The van der Waals surface area contributed by atoms with E-state index in [1.54, 1.807) is 12.1 Å². The van der Waals surface area contributed by atoms with Crippen LogP contribution >= 0.6 is 15.8 Å². The fraction of sp³-hybridized carbons (Fsp3) is 0. The summed E-state index contributed by atoms with van der Waals surface area (Å²) in [6.07, 6.45) is 0. The number of rotatable bonds is 7. The highest BCUT2D eigenvalue weighted by Crippen LogP contribution is 2.45. The Morgan fingerprint density at radius 1 is 0.312 bits per heavy atom. The molecule has 0 nitrogen and oxygen atoms in total. The van der Waals surface area contributed by atoms with Crippen molar-refractivity contribution < 1.29 is 8.78 Å². The Morgan fingerprint density at radius 3 is 0.896 bits per heavy atom. The van der Waals surface area contributed by atoms with Crippen molar-refractivity contribution in [2.75, 3.05) is 0 Å². The van der Waals surface area contributed by atoms with Crippen LogP contribution in [0, 0.1) is 11.6 Å². The fourth-order valence-electron chi connectivity index (χ4n) is 6.57. The largest absolute Gasteiger partial charge is 0.206 e. The fourth-order valence-corrected chi connectivity index (χ4v) is 11.6. The van der Waals surface area contributed by atoms with E-state index in [0.717, 1.165) is 42.6 Å². The Kier molecular flexibility index (Phi) is 8.37. The first kappa shape index (κ1) is 30.3. The third-order valence-electron chi connectivity index (χ3n) is 8.72. The molecule has 0 aromatic heterocycles. The summed E-state index contributed by atoms with van der Waals surface area (Å²) < 4.78 is 35.4. The normalized spacial score (nSPS) is 11.5. The lowest BCUT2D eigenvalue weighted by molar-refractivity contribution is 0.630. The van der Waals surface area contributed by atoms with Crippen molar-refractivity contribution >= 4 is 69.2 Å². The molecule has 0 unspecified atom stereocenters. The second kappa shape index (κ2) is 13.2. The first-order valence-corrected chi connectivity index (χ1v) is 18.6.